The van der Waals surface area contributed by atoms with Crippen LogP contribution in [0.3, 0.4) is 0 Å². The van der Waals surface area contributed by atoms with Crippen molar-refractivity contribution in [3.63, 3.8) is 0 Å². The van der Waals surface area contributed by atoms with E-state index in [2.05, 4.69) is 6.58 Å². The molecule has 2 saturated carbocycles. The van der Waals surface area contributed by atoms with Crippen LogP contribution in [0.15, 0.2) is 12.7 Å². The summed E-state index contributed by atoms with van der Waals surface area (Å²) in [5.74, 6) is 2.13. The predicted molar refractivity (Wildman–Crippen MR) is 54.4 cm³/mol. The molecule has 1 N–H and O–H groups in total. The Morgan fingerprint density at radius 1 is 1.31 bits per heavy atom. The monoisotopic (exact) mass is 180 g/mol. The average molecular weight is 180 g/mol. The molecule has 0 spiro atoms. The summed E-state index contributed by atoms with van der Waals surface area (Å²) in [7, 11) is 0. The van der Waals surface area contributed by atoms with Crippen LogP contribution in [0.1, 0.15) is 38.5 Å². The Balaban J connectivity index is 1.82. The van der Waals surface area contributed by atoms with Crippen molar-refractivity contribution in [1.82, 2.24) is 0 Å². The Morgan fingerprint density at radius 2 is 2.08 bits per heavy atom. The molecular formula is C12H20O. The molecule has 2 unspecified atom stereocenters. The van der Waals surface area contributed by atoms with E-state index in [1.165, 1.54) is 32.1 Å². The Morgan fingerprint density at radius 3 is 2.69 bits per heavy atom. The summed E-state index contributed by atoms with van der Waals surface area (Å²) >= 11 is 0. The van der Waals surface area contributed by atoms with Gasteiger partial charge in [0.2, 0.25) is 0 Å². The van der Waals surface area contributed by atoms with Gasteiger partial charge in [0.05, 0.1) is 6.10 Å². The van der Waals surface area contributed by atoms with Crippen LogP contribution in [0.4, 0.5) is 0 Å². The number of aliphatic hydroxyl groups excluding tert-OH is 1. The highest BCUT2D eigenvalue weighted by molar-refractivity contribution is 4.96. The number of unbranched alkanes of at least 4 members (excludes halogenated alkanes) is 1. The smallest absolute Gasteiger partial charge is 0.0599 e. The second-order valence-electron chi connectivity index (χ2n) is 4.71. The second kappa shape index (κ2) is 3.83. The lowest BCUT2D eigenvalue weighted by molar-refractivity contribution is 0.0539. The minimum Gasteiger partial charge on any atom is -0.393 e. The fourth-order valence-electron chi connectivity index (χ4n) is 3.28. The largest absolute Gasteiger partial charge is 0.393 e. The first-order chi connectivity index (χ1) is 6.33. The van der Waals surface area contributed by atoms with Gasteiger partial charge < -0.3 is 5.11 Å². The van der Waals surface area contributed by atoms with Gasteiger partial charge in [-0.1, -0.05) is 6.08 Å². The zero-order valence-corrected chi connectivity index (χ0v) is 8.28. The van der Waals surface area contributed by atoms with Crippen LogP contribution in [0.5, 0.6) is 0 Å². The van der Waals surface area contributed by atoms with Crippen LogP contribution in [0.25, 0.3) is 0 Å². The van der Waals surface area contributed by atoms with Crippen molar-refractivity contribution in [3.05, 3.63) is 12.7 Å². The summed E-state index contributed by atoms with van der Waals surface area (Å²) < 4.78 is 0. The summed E-state index contributed by atoms with van der Waals surface area (Å²) in [6.07, 6.45) is 9.52. The maximum Gasteiger partial charge on any atom is 0.0599 e. The van der Waals surface area contributed by atoms with Crippen LogP contribution in [-0.2, 0) is 0 Å². The molecular weight excluding hydrogens is 160 g/mol. The molecule has 1 nitrogen and oxygen atoms in total. The summed E-state index contributed by atoms with van der Waals surface area (Å²) in [6.45, 7) is 3.73. The van der Waals surface area contributed by atoms with Crippen molar-refractivity contribution in [2.45, 2.75) is 44.6 Å². The molecule has 0 heterocycles. The van der Waals surface area contributed by atoms with Crippen LogP contribution in [-0.4, -0.2) is 11.2 Å². The van der Waals surface area contributed by atoms with Crippen molar-refractivity contribution in [3.8, 4) is 0 Å². The van der Waals surface area contributed by atoms with Crippen molar-refractivity contribution >= 4 is 0 Å². The Labute approximate surface area is 80.8 Å². The van der Waals surface area contributed by atoms with Crippen molar-refractivity contribution in [1.29, 1.82) is 0 Å². The third-order valence-electron chi connectivity index (χ3n) is 3.99. The third-order valence-corrected chi connectivity index (χ3v) is 3.99. The molecule has 0 saturated heterocycles. The SMILES string of the molecule is C=CCCCC1[C@@H]2CCC(C2)[C@H]1O. The minimum atomic E-state index is 0.0311. The average Bonchev–Trinajstić information content (AvgIpc) is 2.69. The number of aliphatic hydroxyl groups is 1. The topological polar surface area (TPSA) is 20.2 Å². The normalized spacial score (nSPS) is 42.5. The molecule has 74 valence electrons. The van der Waals surface area contributed by atoms with E-state index in [9.17, 15) is 5.11 Å². The van der Waals surface area contributed by atoms with E-state index in [0.29, 0.717) is 11.8 Å². The highest BCUT2D eigenvalue weighted by atomic mass is 16.3. The van der Waals surface area contributed by atoms with Gasteiger partial charge in [0, 0.05) is 0 Å². The molecule has 0 amide bonds. The molecule has 4 atom stereocenters. The van der Waals surface area contributed by atoms with Crippen LogP contribution >= 0.6 is 0 Å². The third kappa shape index (κ3) is 1.67. The second-order valence-corrected chi connectivity index (χ2v) is 4.71. The molecule has 0 aromatic heterocycles. The number of hydrogen-bond donors (Lipinski definition) is 1. The van der Waals surface area contributed by atoms with E-state index in [-0.39, 0.29) is 6.10 Å². The van der Waals surface area contributed by atoms with Gasteiger partial charge >= 0.3 is 0 Å². The summed E-state index contributed by atoms with van der Waals surface area (Å²) in [4.78, 5) is 0. The van der Waals surface area contributed by atoms with E-state index >= 15 is 0 Å². The Hall–Kier alpha value is -0.300. The fourth-order valence-corrected chi connectivity index (χ4v) is 3.28. The lowest BCUT2D eigenvalue weighted by Crippen LogP contribution is -2.27. The van der Waals surface area contributed by atoms with Crippen LogP contribution in [0.2, 0.25) is 0 Å². The Bertz CT molecular complexity index is 186. The maximum absolute atomic E-state index is 9.95. The lowest BCUT2D eigenvalue weighted by atomic mass is 9.83. The molecule has 2 aliphatic carbocycles. The molecule has 0 aromatic rings. The van der Waals surface area contributed by atoms with E-state index in [1.54, 1.807) is 0 Å². The molecule has 2 fully saturated rings. The zero-order chi connectivity index (χ0) is 9.26. The van der Waals surface area contributed by atoms with Gasteiger partial charge in [-0.2, -0.15) is 0 Å². The number of fused-ring (bicyclic) bond motifs is 2. The number of allylic oxidation sites excluding steroid dienone is 1. The molecule has 1 heteroatoms. The number of rotatable bonds is 4. The van der Waals surface area contributed by atoms with Crippen molar-refractivity contribution in [2.75, 3.05) is 0 Å². The van der Waals surface area contributed by atoms with E-state index in [0.717, 1.165) is 12.3 Å². The molecule has 2 bridgehead atoms. The molecule has 0 aliphatic heterocycles. The maximum atomic E-state index is 9.95. The first-order valence-electron chi connectivity index (χ1n) is 5.62. The van der Waals surface area contributed by atoms with E-state index in [1.807, 2.05) is 6.08 Å². The first-order valence-corrected chi connectivity index (χ1v) is 5.62. The molecule has 2 aliphatic rings. The predicted octanol–water partition coefficient (Wildman–Crippen LogP) is 2.75. The van der Waals surface area contributed by atoms with Gasteiger partial charge in [-0.15, -0.1) is 6.58 Å². The standard InChI is InChI=1S/C12H20O/c1-2-3-4-5-11-9-6-7-10(8-9)12(11)13/h2,9-13H,1,3-8H2/t9-,10?,11?,12-/m1/s1. The summed E-state index contributed by atoms with van der Waals surface area (Å²) in [5.41, 5.74) is 0. The van der Waals surface area contributed by atoms with Crippen molar-refractivity contribution in [2.24, 2.45) is 17.8 Å². The quantitative estimate of drug-likeness (QED) is 0.521. The summed E-state index contributed by atoms with van der Waals surface area (Å²) in [5, 5.41) is 9.95. The minimum absolute atomic E-state index is 0.0311. The molecule has 13 heavy (non-hydrogen) atoms. The van der Waals surface area contributed by atoms with Gasteiger partial charge in [0.15, 0.2) is 0 Å². The van der Waals surface area contributed by atoms with Crippen LogP contribution < -0.4 is 0 Å². The highest BCUT2D eigenvalue weighted by Crippen LogP contribution is 2.50. The molecule has 0 aromatic carbocycles. The van der Waals surface area contributed by atoms with E-state index < -0.39 is 0 Å². The lowest BCUT2D eigenvalue weighted by Gasteiger charge is -2.26. The Kier molecular flexibility index (Phi) is 2.73. The number of hydrogen-bond acceptors (Lipinski definition) is 1. The van der Waals surface area contributed by atoms with Gasteiger partial charge in [0.1, 0.15) is 0 Å². The van der Waals surface area contributed by atoms with Crippen molar-refractivity contribution < 1.29 is 5.11 Å². The van der Waals surface area contributed by atoms with Gasteiger partial charge in [-0.05, 0) is 56.3 Å². The highest BCUT2D eigenvalue weighted by Gasteiger charge is 2.45. The first kappa shape index (κ1) is 9.26. The zero-order valence-electron chi connectivity index (χ0n) is 8.28. The van der Waals surface area contributed by atoms with Crippen LogP contribution in [0, 0.1) is 17.8 Å². The fraction of sp³-hybridized carbons (Fsp3) is 0.833. The van der Waals surface area contributed by atoms with E-state index in [4.69, 9.17) is 0 Å². The van der Waals surface area contributed by atoms with Gasteiger partial charge in [-0.3, -0.25) is 0 Å². The molecule has 2 rings (SSSR count). The summed E-state index contributed by atoms with van der Waals surface area (Å²) in [6, 6.07) is 0. The van der Waals surface area contributed by atoms with Gasteiger partial charge in [-0.25, -0.2) is 0 Å². The van der Waals surface area contributed by atoms with Gasteiger partial charge in [0.25, 0.3) is 0 Å². The molecule has 0 radical (unpaired) electrons.